The second-order valence-corrected chi connectivity index (χ2v) is 5.46. The number of ether oxygens (including phenoxy) is 1. The molecule has 1 aliphatic heterocycles. The van der Waals surface area contributed by atoms with Crippen LogP contribution in [0.2, 0.25) is 0 Å². The maximum Gasteiger partial charge on any atom is 0.147 e. The molecule has 19 heavy (non-hydrogen) atoms. The first kappa shape index (κ1) is 12.6. The Bertz CT molecular complexity index is 584. The van der Waals surface area contributed by atoms with Crippen LogP contribution in [-0.4, -0.2) is 33.3 Å². The van der Waals surface area contributed by atoms with Crippen molar-refractivity contribution in [3.05, 3.63) is 40.4 Å². The van der Waals surface area contributed by atoms with Gasteiger partial charge in [0.2, 0.25) is 0 Å². The Morgan fingerprint density at radius 2 is 2.26 bits per heavy atom. The smallest absolute Gasteiger partial charge is 0.147 e. The van der Waals surface area contributed by atoms with Crippen LogP contribution >= 0.6 is 15.9 Å². The van der Waals surface area contributed by atoms with Crippen molar-refractivity contribution in [1.29, 1.82) is 0 Å². The first-order valence-electron chi connectivity index (χ1n) is 6.18. The van der Waals surface area contributed by atoms with Gasteiger partial charge in [-0.15, -0.1) is 10.2 Å². The summed E-state index contributed by atoms with van der Waals surface area (Å²) in [6.45, 7) is 3.67. The van der Waals surface area contributed by atoms with Crippen LogP contribution in [0.15, 0.2) is 29.0 Å². The zero-order chi connectivity index (χ0) is 13.2. The summed E-state index contributed by atoms with van der Waals surface area (Å²) in [6.07, 6.45) is 1.80. The maximum absolute atomic E-state index is 5.28. The highest BCUT2D eigenvalue weighted by atomic mass is 79.9. The summed E-state index contributed by atoms with van der Waals surface area (Å²) in [5.41, 5.74) is 1.23. The molecular weight excluding hydrogens is 308 g/mol. The fourth-order valence-electron chi connectivity index (χ4n) is 2.29. The number of aromatic nitrogens is 3. The largest absolute Gasteiger partial charge is 0.497 e. The number of halogens is 1. The lowest BCUT2D eigenvalue weighted by Gasteiger charge is -2.27. The van der Waals surface area contributed by atoms with E-state index in [1.807, 2.05) is 12.1 Å². The Kier molecular flexibility index (Phi) is 3.52. The van der Waals surface area contributed by atoms with Crippen LogP contribution in [0, 0.1) is 0 Å². The molecule has 1 aromatic heterocycles. The Labute approximate surface area is 120 Å². The summed E-state index contributed by atoms with van der Waals surface area (Å²) in [5, 5.41) is 8.09. The normalized spacial score (nSPS) is 15.3. The number of hydrogen-bond donors (Lipinski definition) is 0. The van der Waals surface area contributed by atoms with E-state index in [2.05, 4.69) is 41.7 Å². The molecule has 0 N–H and O–H groups in total. The zero-order valence-electron chi connectivity index (χ0n) is 10.7. The van der Waals surface area contributed by atoms with Gasteiger partial charge in [-0.1, -0.05) is 15.9 Å². The van der Waals surface area contributed by atoms with Crippen molar-refractivity contribution in [2.45, 2.75) is 19.6 Å². The van der Waals surface area contributed by atoms with Crippen LogP contribution in [0.25, 0.3) is 0 Å². The van der Waals surface area contributed by atoms with Gasteiger partial charge in [-0.25, -0.2) is 0 Å². The van der Waals surface area contributed by atoms with Crippen LogP contribution in [0.3, 0.4) is 0 Å². The standard InChI is InChI=1S/C13H15BrN4O/c1-19-11-2-3-12(14)10(6-11)7-17-4-5-18-9-15-16-13(18)8-17/h2-3,6,9H,4-5,7-8H2,1H3. The van der Waals surface area contributed by atoms with Crippen LogP contribution in [-0.2, 0) is 19.6 Å². The Morgan fingerprint density at radius 1 is 1.37 bits per heavy atom. The van der Waals surface area contributed by atoms with Crippen molar-refractivity contribution in [3.63, 3.8) is 0 Å². The third-order valence-electron chi connectivity index (χ3n) is 3.36. The molecule has 3 rings (SSSR count). The van der Waals surface area contributed by atoms with Crippen molar-refractivity contribution in [3.8, 4) is 5.75 Å². The molecule has 0 aliphatic carbocycles. The molecule has 0 atom stereocenters. The molecule has 2 heterocycles. The van der Waals surface area contributed by atoms with Crippen LogP contribution in [0.4, 0.5) is 0 Å². The molecule has 0 spiro atoms. The average molecular weight is 323 g/mol. The number of methoxy groups -OCH3 is 1. The van der Waals surface area contributed by atoms with Gasteiger partial charge in [0.25, 0.3) is 0 Å². The van der Waals surface area contributed by atoms with E-state index >= 15 is 0 Å². The molecule has 0 saturated heterocycles. The van der Waals surface area contributed by atoms with E-state index in [1.165, 1.54) is 5.56 Å². The van der Waals surface area contributed by atoms with E-state index < -0.39 is 0 Å². The highest BCUT2D eigenvalue weighted by Crippen LogP contribution is 2.24. The molecule has 0 amide bonds. The molecule has 0 radical (unpaired) electrons. The topological polar surface area (TPSA) is 43.2 Å². The van der Waals surface area contributed by atoms with Gasteiger partial charge >= 0.3 is 0 Å². The highest BCUT2D eigenvalue weighted by molar-refractivity contribution is 9.10. The number of nitrogens with zero attached hydrogens (tertiary/aromatic N) is 4. The van der Waals surface area contributed by atoms with E-state index in [1.54, 1.807) is 13.4 Å². The lowest BCUT2D eigenvalue weighted by atomic mass is 10.2. The maximum atomic E-state index is 5.28. The summed E-state index contributed by atoms with van der Waals surface area (Å²) in [4.78, 5) is 2.36. The van der Waals surface area contributed by atoms with Crippen LogP contribution in [0.1, 0.15) is 11.4 Å². The van der Waals surface area contributed by atoms with E-state index in [4.69, 9.17) is 4.74 Å². The minimum absolute atomic E-state index is 0.837. The molecule has 6 heteroatoms. The molecule has 0 fully saturated rings. The van der Waals surface area contributed by atoms with Gasteiger partial charge in [-0.05, 0) is 23.8 Å². The van der Waals surface area contributed by atoms with Gasteiger partial charge in [-0.3, -0.25) is 4.90 Å². The van der Waals surface area contributed by atoms with Gasteiger partial charge in [0, 0.05) is 24.1 Å². The van der Waals surface area contributed by atoms with Gasteiger partial charge < -0.3 is 9.30 Å². The second-order valence-electron chi connectivity index (χ2n) is 4.61. The summed E-state index contributed by atoms with van der Waals surface area (Å²) < 4.78 is 8.50. The van der Waals surface area contributed by atoms with Crippen molar-refractivity contribution in [2.75, 3.05) is 13.7 Å². The molecule has 100 valence electrons. The monoisotopic (exact) mass is 322 g/mol. The fraction of sp³-hybridized carbons (Fsp3) is 0.385. The summed E-state index contributed by atoms with van der Waals surface area (Å²) in [5.74, 6) is 1.92. The predicted molar refractivity (Wildman–Crippen MR) is 74.8 cm³/mol. The van der Waals surface area contributed by atoms with Gasteiger partial charge in [0.1, 0.15) is 17.9 Å². The van der Waals surface area contributed by atoms with Gasteiger partial charge in [0.05, 0.1) is 13.7 Å². The van der Waals surface area contributed by atoms with Crippen molar-refractivity contribution >= 4 is 15.9 Å². The van der Waals surface area contributed by atoms with E-state index in [9.17, 15) is 0 Å². The number of rotatable bonds is 3. The van der Waals surface area contributed by atoms with E-state index in [0.717, 1.165) is 42.2 Å². The van der Waals surface area contributed by atoms with Crippen LogP contribution in [0.5, 0.6) is 5.75 Å². The molecule has 0 saturated carbocycles. The van der Waals surface area contributed by atoms with Crippen molar-refractivity contribution in [2.24, 2.45) is 0 Å². The fourth-order valence-corrected chi connectivity index (χ4v) is 2.66. The Balaban J connectivity index is 1.76. The first-order valence-corrected chi connectivity index (χ1v) is 6.97. The molecule has 0 unspecified atom stereocenters. The molecule has 2 aromatic rings. The quantitative estimate of drug-likeness (QED) is 0.867. The minimum Gasteiger partial charge on any atom is -0.497 e. The lowest BCUT2D eigenvalue weighted by Crippen LogP contribution is -2.33. The number of fused-ring (bicyclic) bond motifs is 1. The third kappa shape index (κ3) is 2.64. The lowest BCUT2D eigenvalue weighted by molar-refractivity contribution is 0.208. The molecule has 5 nitrogen and oxygen atoms in total. The molecule has 0 bridgehead atoms. The third-order valence-corrected chi connectivity index (χ3v) is 4.14. The molecular formula is C13H15BrN4O. The number of benzene rings is 1. The highest BCUT2D eigenvalue weighted by Gasteiger charge is 2.18. The Hall–Kier alpha value is -1.40. The van der Waals surface area contributed by atoms with Crippen LogP contribution < -0.4 is 4.74 Å². The van der Waals surface area contributed by atoms with E-state index in [-0.39, 0.29) is 0 Å². The number of hydrogen-bond acceptors (Lipinski definition) is 4. The SMILES string of the molecule is COc1ccc(Br)c(CN2CCn3cnnc3C2)c1. The zero-order valence-corrected chi connectivity index (χ0v) is 12.3. The predicted octanol–water partition coefficient (Wildman–Crippen LogP) is 2.06. The molecule has 1 aromatic carbocycles. The summed E-state index contributed by atoms with van der Waals surface area (Å²) in [6, 6.07) is 6.06. The Morgan fingerprint density at radius 3 is 3.11 bits per heavy atom. The average Bonchev–Trinajstić information content (AvgIpc) is 2.89. The molecule has 1 aliphatic rings. The minimum atomic E-state index is 0.837. The summed E-state index contributed by atoms with van der Waals surface area (Å²) >= 11 is 3.60. The second kappa shape index (κ2) is 5.30. The van der Waals surface area contributed by atoms with Crippen molar-refractivity contribution in [1.82, 2.24) is 19.7 Å². The summed E-state index contributed by atoms with van der Waals surface area (Å²) in [7, 11) is 1.69. The van der Waals surface area contributed by atoms with Gasteiger partial charge in [0.15, 0.2) is 0 Å². The van der Waals surface area contributed by atoms with E-state index in [0.29, 0.717) is 0 Å². The van der Waals surface area contributed by atoms with Crippen molar-refractivity contribution < 1.29 is 4.74 Å². The van der Waals surface area contributed by atoms with Gasteiger partial charge in [-0.2, -0.15) is 0 Å². The first-order chi connectivity index (χ1) is 9.26.